The SMILES string of the molecule is BrCN1CCC(N2CCCC2)CC1. The van der Waals surface area contributed by atoms with Crippen molar-refractivity contribution in [3.8, 4) is 0 Å². The lowest BCUT2D eigenvalue weighted by atomic mass is 10.0. The molecule has 2 aliphatic heterocycles. The molecular weight excluding hydrogens is 228 g/mol. The van der Waals surface area contributed by atoms with Crippen LogP contribution < -0.4 is 0 Å². The normalized spacial score (nSPS) is 28.4. The Balaban J connectivity index is 1.77. The minimum absolute atomic E-state index is 0.901. The second-order valence-electron chi connectivity index (χ2n) is 4.21. The number of hydrogen-bond acceptors (Lipinski definition) is 2. The van der Waals surface area contributed by atoms with Gasteiger partial charge < -0.3 is 4.90 Å². The Morgan fingerprint density at radius 1 is 1.00 bits per heavy atom. The van der Waals surface area contributed by atoms with E-state index in [0.29, 0.717) is 0 Å². The van der Waals surface area contributed by atoms with Crippen molar-refractivity contribution >= 4 is 15.9 Å². The molecule has 2 saturated heterocycles. The van der Waals surface area contributed by atoms with Gasteiger partial charge in [-0.1, -0.05) is 15.9 Å². The Kier molecular flexibility index (Phi) is 3.64. The number of halogens is 1. The molecule has 0 spiro atoms. The molecule has 13 heavy (non-hydrogen) atoms. The first kappa shape index (κ1) is 9.94. The molecule has 0 saturated carbocycles. The van der Waals surface area contributed by atoms with Crippen molar-refractivity contribution in [3.05, 3.63) is 0 Å². The molecule has 2 aliphatic rings. The molecule has 0 aromatic heterocycles. The van der Waals surface area contributed by atoms with Crippen molar-refractivity contribution in [1.82, 2.24) is 9.80 Å². The van der Waals surface area contributed by atoms with Gasteiger partial charge in [0.05, 0.1) is 5.45 Å². The van der Waals surface area contributed by atoms with Crippen LogP contribution in [-0.2, 0) is 0 Å². The molecule has 2 fully saturated rings. The van der Waals surface area contributed by atoms with E-state index in [2.05, 4.69) is 25.7 Å². The minimum Gasteiger partial charge on any atom is -0.300 e. The molecule has 0 N–H and O–H groups in total. The fraction of sp³-hybridized carbons (Fsp3) is 1.00. The predicted octanol–water partition coefficient (Wildman–Crippen LogP) is 1.90. The van der Waals surface area contributed by atoms with Gasteiger partial charge in [-0.3, -0.25) is 4.90 Å². The highest BCUT2D eigenvalue weighted by Gasteiger charge is 2.25. The van der Waals surface area contributed by atoms with Crippen LogP contribution in [0.2, 0.25) is 0 Å². The van der Waals surface area contributed by atoms with Gasteiger partial charge >= 0.3 is 0 Å². The van der Waals surface area contributed by atoms with Crippen LogP contribution in [0.3, 0.4) is 0 Å². The van der Waals surface area contributed by atoms with Crippen LogP contribution in [0.15, 0.2) is 0 Å². The summed E-state index contributed by atoms with van der Waals surface area (Å²) >= 11 is 3.53. The molecule has 0 aromatic carbocycles. The summed E-state index contributed by atoms with van der Waals surface area (Å²) < 4.78 is 0. The van der Waals surface area contributed by atoms with Gasteiger partial charge in [0.25, 0.3) is 0 Å². The summed E-state index contributed by atoms with van der Waals surface area (Å²) in [5, 5.41) is 0. The van der Waals surface area contributed by atoms with Crippen molar-refractivity contribution in [2.45, 2.75) is 31.7 Å². The number of hydrogen-bond donors (Lipinski definition) is 0. The van der Waals surface area contributed by atoms with E-state index in [1.165, 1.54) is 51.9 Å². The second-order valence-corrected chi connectivity index (χ2v) is 4.71. The Labute approximate surface area is 89.4 Å². The summed E-state index contributed by atoms with van der Waals surface area (Å²) in [6, 6.07) is 0.901. The Bertz CT molecular complexity index is 149. The molecule has 0 bridgehead atoms. The topological polar surface area (TPSA) is 6.48 Å². The Morgan fingerprint density at radius 3 is 2.15 bits per heavy atom. The zero-order chi connectivity index (χ0) is 9.10. The number of rotatable bonds is 2. The predicted molar refractivity (Wildman–Crippen MR) is 59.2 cm³/mol. The Hall–Kier alpha value is 0.400. The smallest absolute Gasteiger partial charge is 0.0542 e. The number of piperidine rings is 1. The lowest BCUT2D eigenvalue weighted by Gasteiger charge is -2.35. The molecule has 76 valence electrons. The summed E-state index contributed by atoms with van der Waals surface area (Å²) in [5.41, 5.74) is 1.06. The number of nitrogens with zero attached hydrogens (tertiary/aromatic N) is 2. The third kappa shape index (κ3) is 2.45. The third-order valence-electron chi connectivity index (χ3n) is 3.38. The highest BCUT2D eigenvalue weighted by molar-refractivity contribution is 9.09. The van der Waals surface area contributed by atoms with E-state index in [1.54, 1.807) is 0 Å². The van der Waals surface area contributed by atoms with E-state index in [0.717, 1.165) is 11.5 Å². The van der Waals surface area contributed by atoms with Crippen molar-refractivity contribution < 1.29 is 0 Å². The summed E-state index contributed by atoms with van der Waals surface area (Å²) in [6.07, 6.45) is 5.62. The average molecular weight is 247 g/mol. The lowest BCUT2D eigenvalue weighted by Crippen LogP contribution is -2.43. The standard InChI is InChI=1S/C10H19BrN2/c11-9-12-7-3-10(4-8-12)13-5-1-2-6-13/h10H,1-9H2. The van der Waals surface area contributed by atoms with Gasteiger partial charge in [0.15, 0.2) is 0 Å². The maximum Gasteiger partial charge on any atom is 0.0542 e. The second kappa shape index (κ2) is 4.76. The maximum atomic E-state index is 3.53. The number of likely N-dealkylation sites (tertiary alicyclic amines) is 2. The largest absolute Gasteiger partial charge is 0.300 e. The first-order valence-electron chi connectivity index (χ1n) is 5.42. The molecular formula is C10H19BrN2. The minimum atomic E-state index is 0.901. The van der Waals surface area contributed by atoms with Crippen LogP contribution in [0.4, 0.5) is 0 Å². The van der Waals surface area contributed by atoms with Gasteiger partial charge in [-0.15, -0.1) is 0 Å². The molecule has 0 aliphatic carbocycles. The molecule has 0 aromatic rings. The van der Waals surface area contributed by atoms with Crippen LogP contribution in [0.1, 0.15) is 25.7 Å². The molecule has 0 atom stereocenters. The van der Waals surface area contributed by atoms with E-state index >= 15 is 0 Å². The zero-order valence-corrected chi connectivity index (χ0v) is 9.80. The van der Waals surface area contributed by atoms with E-state index in [1.807, 2.05) is 0 Å². The molecule has 0 radical (unpaired) electrons. The number of alkyl halides is 1. The summed E-state index contributed by atoms with van der Waals surface area (Å²) in [6.45, 7) is 5.29. The van der Waals surface area contributed by atoms with Gasteiger partial charge in [-0.25, -0.2) is 0 Å². The average Bonchev–Trinajstić information content (AvgIpc) is 2.71. The maximum absolute atomic E-state index is 3.53. The first-order valence-corrected chi connectivity index (χ1v) is 6.54. The van der Waals surface area contributed by atoms with Crippen LogP contribution in [0.25, 0.3) is 0 Å². The molecule has 2 heterocycles. The monoisotopic (exact) mass is 246 g/mol. The summed E-state index contributed by atoms with van der Waals surface area (Å²) in [7, 11) is 0. The quantitative estimate of drug-likeness (QED) is 0.543. The van der Waals surface area contributed by atoms with Gasteiger partial charge in [0, 0.05) is 19.1 Å². The Morgan fingerprint density at radius 2 is 1.62 bits per heavy atom. The van der Waals surface area contributed by atoms with E-state index in [4.69, 9.17) is 0 Å². The highest BCUT2D eigenvalue weighted by atomic mass is 79.9. The molecule has 0 amide bonds. The van der Waals surface area contributed by atoms with Crippen molar-refractivity contribution in [2.24, 2.45) is 0 Å². The molecule has 3 heteroatoms. The fourth-order valence-electron chi connectivity index (χ4n) is 2.51. The van der Waals surface area contributed by atoms with Gasteiger partial charge in [0.1, 0.15) is 0 Å². The fourth-order valence-corrected chi connectivity index (χ4v) is 3.01. The van der Waals surface area contributed by atoms with Crippen LogP contribution in [0, 0.1) is 0 Å². The summed E-state index contributed by atoms with van der Waals surface area (Å²) in [5.74, 6) is 0. The molecule has 2 rings (SSSR count). The van der Waals surface area contributed by atoms with Gasteiger partial charge in [-0.2, -0.15) is 0 Å². The first-order chi connectivity index (χ1) is 6.40. The summed E-state index contributed by atoms with van der Waals surface area (Å²) in [4.78, 5) is 5.19. The van der Waals surface area contributed by atoms with Crippen molar-refractivity contribution in [1.29, 1.82) is 0 Å². The third-order valence-corrected chi connectivity index (χ3v) is 4.09. The van der Waals surface area contributed by atoms with E-state index < -0.39 is 0 Å². The van der Waals surface area contributed by atoms with Crippen LogP contribution in [-0.4, -0.2) is 47.5 Å². The lowest BCUT2D eigenvalue weighted by molar-refractivity contribution is 0.141. The van der Waals surface area contributed by atoms with Crippen LogP contribution in [0.5, 0.6) is 0 Å². The highest BCUT2D eigenvalue weighted by Crippen LogP contribution is 2.21. The van der Waals surface area contributed by atoms with Crippen molar-refractivity contribution in [2.75, 3.05) is 31.6 Å². The molecule has 2 nitrogen and oxygen atoms in total. The van der Waals surface area contributed by atoms with E-state index in [-0.39, 0.29) is 0 Å². The van der Waals surface area contributed by atoms with Crippen LogP contribution >= 0.6 is 15.9 Å². The van der Waals surface area contributed by atoms with Gasteiger partial charge in [-0.05, 0) is 38.8 Å². The van der Waals surface area contributed by atoms with E-state index in [9.17, 15) is 0 Å². The zero-order valence-electron chi connectivity index (χ0n) is 8.21. The molecule has 0 unspecified atom stereocenters. The van der Waals surface area contributed by atoms with Crippen molar-refractivity contribution in [3.63, 3.8) is 0 Å². The van der Waals surface area contributed by atoms with Gasteiger partial charge in [0.2, 0.25) is 0 Å².